The second-order valence-electron chi connectivity index (χ2n) is 4.55. The van der Waals surface area contributed by atoms with Gasteiger partial charge in [0, 0.05) is 25.2 Å². The summed E-state index contributed by atoms with van der Waals surface area (Å²) in [5, 5.41) is 8.46. The van der Waals surface area contributed by atoms with Crippen LogP contribution in [0.2, 0.25) is 0 Å². The molecule has 6 nitrogen and oxygen atoms in total. The molecule has 0 bridgehead atoms. The number of aromatic nitrogens is 3. The van der Waals surface area contributed by atoms with Crippen molar-refractivity contribution in [3.63, 3.8) is 0 Å². The summed E-state index contributed by atoms with van der Waals surface area (Å²) in [7, 11) is 3.26. The second-order valence-corrected chi connectivity index (χ2v) is 4.55. The van der Waals surface area contributed by atoms with Crippen molar-refractivity contribution in [1.29, 1.82) is 0 Å². The van der Waals surface area contributed by atoms with E-state index in [1.807, 2.05) is 20.0 Å². The van der Waals surface area contributed by atoms with E-state index in [9.17, 15) is 4.79 Å². The third-order valence-corrected chi connectivity index (χ3v) is 3.09. The number of carbonyl (C=O) groups excluding carboxylic acids is 1. The van der Waals surface area contributed by atoms with Crippen LogP contribution in [0.15, 0.2) is 12.3 Å². The van der Waals surface area contributed by atoms with Gasteiger partial charge < -0.3 is 10.1 Å². The summed E-state index contributed by atoms with van der Waals surface area (Å²) in [6, 6.07) is 1.71. The summed E-state index contributed by atoms with van der Waals surface area (Å²) >= 11 is 0. The molecule has 0 aliphatic carbocycles. The molecule has 102 valence electrons. The van der Waals surface area contributed by atoms with Crippen molar-refractivity contribution in [1.82, 2.24) is 20.1 Å². The quantitative estimate of drug-likeness (QED) is 0.830. The molecule has 0 fully saturated rings. The van der Waals surface area contributed by atoms with Gasteiger partial charge in [-0.05, 0) is 25.5 Å². The Kier molecular flexibility index (Phi) is 3.80. The van der Waals surface area contributed by atoms with Gasteiger partial charge in [-0.15, -0.1) is 0 Å². The molecule has 2 aromatic rings. The molecule has 0 radical (unpaired) electrons. The van der Waals surface area contributed by atoms with Gasteiger partial charge in [0.2, 0.25) is 0 Å². The summed E-state index contributed by atoms with van der Waals surface area (Å²) in [6.07, 6.45) is 1.79. The minimum absolute atomic E-state index is 0.272. The van der Waals surface area contributed by atoms with Gasteiger partial charge in [0.1, 0.15) is 6.04 Å². The smallest absolute Gasteiger partial charge is 0.322 e. The summed E-state index contributed by atoms with van der Waals surface area (Å²) in [6.45, 7) is 4.29. The molecule has 2 aromatic heterocycles. The van der Waals surface area contributed by atoms with Crippen molar-refractivity contribution < 1.29 is 9.53 Å². The minimum Gasteiger partial charge on any atom is -0.468 e. The molecule has 1 unspecified atom stereocenters. The fourth-order valence-electron chi connectivity index (χ4n) is 1.98. The predicted octanol–water partition coefficient (Wildman–Crippen LogP) is 0.928. The number of methoxy groups -OCH3 is 1. The Bertz CT molecular complexity index is 606. The van der Waals surface area contributed by atoms with Crippen LogP contribution in [0.4, 0.5) is 0 Å². The standard InChI is InChI=1S/C13H18N4O2/c1-8-11-5-10(6-14-9(2)13(18)19-4)7-15-12(11)17(3)16-8/h5,7,9,14H,6H2,1-4H3. The van der Waals surface area contributed by atoms with E-state index in [1.54, 1.807) is 17.8 Å². The maximum absolute atomic E-state index is 11.3. The zero-order valence-electron chi connectivity index (χ0n) is 11.6. The summed E-state index contributed by atoms with van der Waals surface area (Å²) in [5.74, 6) is -0.272. The number of fused-ring (bicyclic) bond motifs is 1. The van der Waals surface area contributed by atoms with Crippen LogP contribution in [-0.2, 0) is 23.1 Å². The molecule has 19 heavy (non-hydrogen) atoms. The minimum atomic E-state index is -0.337. The van der Waals surface area contributed by atoms with Crippen LogP contribution >= 0.6 is 0 Å². The van der Waals surface area contributed by atoms with Gasteiger partial charge in [0.05, 0.1) is 12.8 Å². The summed E-state index contributed by atoms with van der Waals surface area (Å²) in [4.78, 5) is 15.7. The maximum Gasteiger partial charge on any atom is 0.322 e. The fraction of sp³-hybridized carbons (Fsp3) is 0.462. The lowest BCUT2D eigenvalue weighted by atomic mass is 10.2. The zero-order valence-corrected chi connectivity index (χ0v) is 11.6. The molecule has 0 saturated carbocycles. The number of pyridine rings is 1. The van der Waals surface area contributed by atoms with E-state index in [1.165, 1.54) is 7.11 Å². The first-order valence-electron chi connectivity index (χ1n) is 6.12. The van der Waals surface area contributed by atoms with Crippen LogP contribution in [0, 0.1) is 6.92 Å². The van der Waals surface area contributed by atoms with Crippen molar-refractivity contribution in [2.45, 2.75) is 26.4 Å². The van der Waals surface area contributed by atoms with Crippen molar-refractivity contribution in [3.05, 3.63) is 23.5 Å². The molecule has 0 aromatic carbocycles. The summed E-state index contributed by atoms with van der Waals surface area (Å²) in [5.41, 5.74) is 2.83. The van der Waals surface area contributed by atoms with E-state index >= 15 is 0 Å². The van der Waals surface area contributed by atoms with Gasteiger partial charge in [-0.25, -0.2) is 4.98 Å². The van der Waals surface area contributed by atoms with Crippen LogP contribution in [0.5, 0.6) is 0 Å². The molecule has 1 N–H and O–H groups in total. The highest BCUT2D eigenvalue weighted by Crippen LogP contribution is 2.16. The highest BCUT2D eigenvalue weighted by Gasteiger charge is 2.12. The van der Waals surface area contributed by atoms with E-state index < -0.39 is 0 Å². The molecule has 2 heterocycles. The summed E-state index contributed by atoms with van der Waals surface area (Å²) < 4.78 is 6.43. The fourth-order valence-corrected chi connectivity index (χ4v) is 1.98. The monoisotopic (exact) mass is 262 g/mol. The average molecular weight is 262 g/mol. The molecule has 1 atom stereocenters. The maximum atomic E-state index is 11.3. The highest BCUT2D eigenvalue weighted by atomic mass is 16.5. The van der Waals surface area contributed by atoms with E-state index in [2.05, 4.69) is 20.1 Å². The molecule has 0 spiro atoms. The molecule has 0 saturated heterocycles. The van der Waals surface area contributed by atoms with Gasteiger partial charge in [-0.3, -0.25) is 9.48 Å². The largest absolute Gasteiger partial charge is 0.468 e. The lowest BCUT2D eigenvalue weighted by molar-refractivity contribution is -0.142. The Balaban J connectivity index is 2.14. The third-order valence-electron chi connectivity index (χ3n) is 3.09. The lowest BCUT2D eigenvalue weighted by Gasteiger charge is -2.11. The number of ether oxygens (including phenoxy) is 1. The first kappa shape index (κ1) is 13.5. The van der Waals surface area contributed by atoms with Gasteiger partial charge in [-0.1, -0.05) is 0 Å². The van der Waals surface area contributed by atoms with Crippen molar-refractivity contribution >= 4 is 17.0 Å². The van der Waals surface area contributed by atoms with Crippen LogP contribution in [-0.4, -0.2) is 33.9 Å². The number of nitrogens with zero attached hydrogens (tertiary/aromatic N) is 3. The number of nitrogens with one attached hydrogen (secondary N) is 1. The first-order valence-corrected chi connectivity index (χ1v) is 6.12. The Morgan fingerprint density at radius 2 is 2.32 bits per heavy atom. The number of rotatable bonds is 4. The average Bonchev–Trinajstić information content (AvgIpc) is 2.70. The number of hydrogen-bond acceptors (Lipinski definition) is 5. The van der Waals surface area contributed by atoms with E-state index in [0.717, 1.165) is 22.3 Å². The highest BCUT2D eigenvalue weighted by molar-refractivity contribution is 5.78. The number of hydrogen-bond donors (Lipinski definition) is 1. The van der Waals surface area contributed by atoms with Crippen LogP contribution in [0.1, 0.15) is 18.2 Å². The van der Waals surface area contributed by atoms with Gasteiger partial charge in [0.25, 0.3) is 0 Å². The lowest BCUT2D eigenvalue weighted by Crippen LogP contribution is -2.34. The molecule has 2 rings (SSSR count). The van der Waals surface area contributed by atoms with E-state index in [-0.39, 0.29) is 12.0 Å². The second kappa shape index (κ2) is 5.36. The Morgan fingerprint density at radius 1 is 1.58 bits per heavy atom. The van der Waals surface area contributed by atoms with E-state index in [4.69, 9.17) is 0 Å². The van der Waals surface area contributed by atoms with Crippen LogP contribution in [0.25, 0.3) is 11.0 Å². The van der Waals surface area contributed by atoms with Crippen molar-refractivity contribution in [2.24, 2.45) is 7.05 Å². The molecule has 0 aliphatic rings. The molecule has 6 heteroatoms. The Labute approximate surface area is 111 Å². The van der Waals surface area contributed by atoms with Crippen molar-refractivity contribution in [3.8, 4) is 0 Å². The SMILES string of the molecule is COC(=O)C(C)NCc1cnc2c(c1)c(C)nn2C. The third kappa shape index (κ3) is 2.73. The first-order chi connectivity index (χ1) is 9.02. The Morgan fingerprint density at radius 3 is 3.00 bits per heavy atom. The number of carbonyl (C=O) groups is 1. The van der Waals surface area contributed by atoms with Crippen LogP contribution < -0.4 is 5.32 Å². The number of aryl methyl sites for hydroxylation is 2. The molecular weight excluding hydrogens is 244 g/mol. The molecular formula is C13H18N4O2. The number of esters is 1. The van der Waals surface area contributed by atoms with Gasteiger partial charge >= 0.3 is 5.97 Å². The predicted molar refractivity (Wildman–Crippen MR) is 71.6 cm³/mol. The van der Waals surface area contributed by atoms with Gasteiger partial charge in [-0.2, -0.15) is 5.10 Å². The van der Waals surface area contributed by atoms with Crippen molar-refractivity contribution in [2.75, 3.05) is 7.11 Å². The molecule has 0 aliphatic heterocycles. The van der Waals surface area contributed by atoms with E-state index in [0.29, 0.717) is 6.54 Å². The Hall–Kier alpha value is -1.95. The topological polar surface area (TPSA) is 69.0 Å². The van der Waals surface area contributed by atoms with Gasteiger partial charge in [0.15, 0.2) is 5.65 Å². The molecule has 0 amide bonds. The normalized spacial score (nSPS) is 12.6. The zero-order chi connectivity index (χ0) is 14.0. The van der Waals surface area contributed by atoms with Crippen LogP contribution in [0.3, 0.4) is 0 Å².